The van der Waals surface area contributed by atoms with E-state index < -0.39 is 23.4 Å². The number of hydrogen-bond acceptors (Lipinski definition) is 5. The first kappa shape index (κ1) is 18.7. The maximum atomic E-state index is 13.3. The molecule has 9 nitrogen and oxygen atoms in total. The number of carbonyl (C=O) groups is 3. The van der Waals surface area contributed by atoms with Gasteiger partial charge >= 0.3 is 6.03 Å². The number of carbonyl (C=O) groups excluding carboxylic acids is 3. The summed E-state index contributed by atoms with van der Waals surface area (Å²) >= 11 is 0. The van der Waals surface area contributed by atoms with Gasteiger partial charge in [0.05, 0.1) is 18.8 Å². The summed E-state index contributed by atoms with van der Waals surface area (Å²) in [6, 6.07) is 8.60. The smallest absolute Gasteiger partial charge is 0.325 e. The summed E-state index contributed by atoms with van der Waals surface area (Å²) in [5, 5.41) is 9.95. The monoisotopic (exact) mass is 409 g/mol. The molecule has 1 aromatic carbocycles. The number of hydrogen-bond donors (Lipinski definition) is 2. The lowest BCUT2D eigenvalue weighted by Crippen LogP contribution is -2.48. The number of aromatic nitrogens is 2. The summed E-state index contributed by atoms with van der Waals surface area (Å²) in [7, 11) is 0. The summed E-state index contributed by atoms with van der Waals surface area (Å²) in [4.78, 5) is 39.6. The molecule has 0 bridgehead atoms. The number of anilines is 1. The molecule has 9 heteroatoms. The van der Waals surface area contributed by atoms with Crippen LogP contribution in [0.3, 0.4) is 0 Å². The molecule has 2 aliphatic heterocycles. The number of nitrogens with zero attached hydrogens (tertiary/aromatic N) is 3. The third kappa shape index (κ3) is 2.92. The van der Waals surface area contributed by atoms with Gasteiger partial charge in [0, 0.05) is 18.1 Å². The molecule has 2 N–H and O–H groups in total. The van der Waals surface area contributed by atoms with Crippen molar-refractivity contribution in [2.24, 2.45) is 0 Å². The molecule has 2 fully saturated rings. The third-order valence-electron chi connectivity index (χ3n) is 6.17. The Morgan fingerprint density at radius 3 is 2.87 bits per heavy atom. The van der Waals surface area contributed by atoms with Crippen molar-refractivity contribution in [2.45, 2.75) is 43.7 Å². The minimum atomic E-state index is -1.18. The molecule has 3 heterocycles. The maximum Gasteiger partial charge on any atom is 0.325 e. The van der Waals surface area contributed by atoms with Crippen LogP contribution in [0.2, 0.25) is 0 Å². The van der Waals surface area contributed by atoms with E-state index >= 15 is 0 Å². The van der Waals surface area contributed by atoms with Crippen LogP contribution in [0.5, 0.6) is 5.75 Å². The van der Waals surface area contributed by atoms with Crippen molar-refractivity contribution >= 4 is 23.7 Å². The van der Waals surface area contributed by atoms with E-state index in [1.54, 1.807) is 30.5 Å². The van der Waals surface area contributed by atoms with E-state index in [2.05, 4.69) is 15.7 Å². The van der Waals surface area contributed by atoms with Gasteiger partial charge in [0.15, 0.2) is 5.54 Å². The largest absolute Gasteiger partial charge is 0.493 e. The third-order valence-corrected chi connectivity index (χ3v) is 6.17. The van der Waals surface area contributed by atoms with E-state index in [-0.39, 0.29) is 12.6 Å². The van der Waals surface area contributed by atoms with Crippen LogP contribution in [-0.4, -0.2) is 45.7 Å². The predicted octanol–water partition coefficient (Wildman–Crippen LogP) is 2.17. The second kappa shape index (κ2) is 7.16. The molecule has 30 heavy (non-hydrogen) atoms. The normalized spacial score (nSPS) is 23.4. The molecule has 4 amide bonds. The van der Waals surface area contributed by atoms with Gasteiger partial charge < -0.3 is 15.4 Å². The van der Waals surface area contributed by atoms with E-state index in [0.717, 1.165) is 30.6 Å². The van der Waals surface area contributed by atoms with Crippen molar-refractivity contribution in [2.75, 3.05) is 18.5 Å². The van der Waals surface area contributed by atoms with Gasteiger partial charge in [-0.25, -0.2) is 9.48 Å². The van der Waals surface area contributed by atoms with Crippen LogP contribution in [0.4, 0.5) is 10.6 Å². The fraction of sp³-hybridized carbons (Fsp3) is 0.429. The van der Waals surface area contributed by atoms with Crippen molar-refractivity contribution in [1.29, 1.82) is 0 Å². The summed E-state index contributed by atoms with van der Waals surface area (Å²) in [6.07, 6.45) is 6.32. The Morgan fingerprint density at radius 2 is 2.03 bits per heavy atom. The van der Waals surface area contributed by atoms with E-state index in [1.165, 1.54) is 0 Å². The van der Waals surface area contributed by atoms with E-state index in [4.69, 9.17) is 4.74 Å². The van der Waals surface area contributed by atoms with Crippen molar-refractivity contribution in [1.82, 2.24) is 20.0 Å². The number of benzene rings is 1. The highest BCUT2D eigenvalue weighted by Gasteiger charge is 2.55. The quantitative estimate of drug-likeness (QED) is 0.753. The Kier molecular flexibility index (Phi) is 4.45. The lowest BCUT2D eigenvalue weighted by atomic mass is 9.84. The molecular formula is C21H23N5O4. The Morgan fingerprint density at radius 1 is 1.23 bits per heavy atom. The van der Waals surface area contributed by atoms with Crippen LogP contribution in [-0.2, 0) is 15.1 Å². The van der Waals surface area contributed by atoms with Gasteiger partial charge in [-0.1, -0.05) is 31.0 Å². The average Bonchev–Trinajstić information content (AvgIpc) is 3.47. The minimum Gasteiger partial charge on any atom is -0.493 e. The molecule has 3 aliphatic rings. The molecule has 1 saturated heterocycles. The predicted molar refractivity (Wildman–Crippen MR) is 107 cm³/mol. The first-order chi connectivity index (χ1) is 14.6. The highest BCUT2D eigenvalue weighted by atomic mass is 16.5. The number of ether oxygens (including phenoxy) is 1. The zero-order chi connectivity index (χ0) is 20.7. The number of para-hydroxylation sites is 1. The molecule has 0 radical (unpaired) electrons. The van der Waals surface area contributed by atoms with Crippen LogP contribution in [0.1, 0.15) is 43.7 Å². The van der Waals surface area contributed by atoms with Crippen LogP contribution in [0.25, 0.3) is 0 Å². The zero-order valence-corrected chi connectivity index (χ0v) is 16.5. The number of urea groups is 1. The van der Waals surface area contributed by atoms with E-state index in [0.29, 0.717) is 30.2 Å². The molecule has 1 aromatic heterocycles. The summed E-state index contributed by atoms with van der Waals surface area (Å²) in [5.41, 5.74) is -0.561. The minimum absolute atomic E-state index is 0.272. The van der Waals surface area contributed by atoms with Gasteiger partial charge in [0.2, 0.25) is 5.91 Å². The Bertz CT molecular complexity index is 1010. The fourth-order valence-electron chi connectivity index (χ4n) is 4.69. The molecule has 156 valence electrons. The van der Waals surface area contributed by atoms with Crippen LogP contribution < -0.4 is 15.4 Å². The molecule has 1 unspecified atom stereocenters. The highest BCUT2D eigenvalue weighted by molar-refractivity contribution is 6.10. The molecule has 2 aromatic rings. The first-order valence-corrected chi connectivity index (χ1v) is 10.3. The molecule has 1 atom stereocenters. The molecule has 1 aliphatic carbocycles. The van der Waals surface area contributed by atoms with E-state index in [1.807, 2.05) is 10.7 Å². The topological polar surface area (TPSA) is 106 Å². The zero-order valence-electron chi connectivity index (χ0n) is 16.5. The van der Waals surface area contributed by atoms with Gasteiger partial charge in [-0.2, -0.15) is 5.10 Å². The van der Waals surface area contributed by atoms with Crippen molar-refractivity contribution in [3.8, 4) is 5.75 Å². The second-order valence-electron chi connectivity index (χ2n) is 7.97. The van der Waals surface area contributed by atoms with Gasteiger partial charge in [0.1, 0.15) is 18.1 Å². The van der Waals surface area contributed by atoms with Crippen molar-refractivity contribution < 1.29 is 19.1 Å². The van der Waals surface area contributed by atoms with Crippen LogP contribution in [0.15, 0.2) is 36.5 Å². The fourth-order valence-corrected chi connectivity index (χ4v) is 4.69. The lowest BCUT2D eigenvalue weighted by Gasteiger charge is -2.33. The van der Waals surface area contributed by atoms with Crippen molar-refractivity contribution in [3.63, 3.8) is 0 Å². The standard InChI is InChI=1S/C21H23N5O4/c27-18(23-17-9-11-22-26(17)14-5-1-2-6-14)13-25-19(28)21(24-20(25)29)10-12-30-16-8-4-3-7-15(16)21/h3-4,7-9,11,14H,1-2,5-6,10,12-13H2,(H,23,27)(H,24,29). The lowest BCUT2D eigenvalue weighted by molar-refractivity contribution is -0.135. The Balaban J connectivity index is 1.33. The van der Waals surface area contributed by atoms with Gasteiger partial charge in [-0.3, -0.25) is 14.5 Å². The SMILES string of the molecule is O=C(CN1C(=O)NC2(CCOc3ccccc32)C1=O)Nc1ccnn1C1CCCC1. The average molecular weight is 409 g/mol. The number of nitrogens with one attached hydrogen (secondary N) is 2. The summed E-state index contributed by atoms with van der Waals surface area (Å²) in [5.74, 6) is 0.299. The summed E-state index contributed by atoms with van der Waals surface area (Å²) in [6.45, 7) is -0.0467. The second-order valence-corrected chi connectivity index (χ2v) is 7.97. The van der Waals surface area contributed by atoms with Crippen LogP contribution in [0, 0.1) is 0 Å². The van der Waals surface area contributed by atoms with E-state index in [9.17, 15) is 14.4 Å². The molecule has 1 spiro atoms. The van der Waals surface area contributed by atoms with Gasteiger partial charge in [-0.15, -0.1) is 0 Å². The van der Waals surface area contributed by atoms with Gasteiger partial charge in [0.25, 0.3) is 5.91 Å². The van der Waals surface area contributed by atoms with Gasteiger partial charge in [-0.05, 0) is 18.9 Å². The number of imide groups is 1. The number of fused-ring (bicyclic) bond motifs is 2. The molecule has 1 saturated carbocycles. The maximum absolute atomic E-state index is 13.3. The van der Waals surface area contributed by atoms with Crippen molar-refractivity contribution in [3.05, 3.63) is 42.1 Å². The first-order valence-electron chi connectivity index (χ1n) is 10.3. The Labute approximate surface area is 173 Å². The van der Waals surface area contributed by atoms with Crippen LogP contribution >= 0.6 is 0 Å². The number of amides is 4. The molecule has 5 rings (SSSR count). The molecular weight excluding hydrogens is 386 g/mol. The highest BCUT2D eigenvalue weighted by Crippen LogP contribution is 2.41. The Hall–Kier alpha value is -3.36. The summed E-state index contributed by atoms with van der Waals surface area (Å²) < 4.78 is 7.46. The number of rotatable bonds is 4.